The molecule has 0 spiro atoms. The molecule has 0 saturated carbocycles. The van der Waals surface area contributed by atoms with Crippen molar-refractivity contribution in [1.82, 2.24) is 4.98 Å². The molecule has 60 valence electrons. The normalized spacial score (nSPS) is 10.4. The summed E-state index contributed by atoms with van der Waals surface area (Å²) in [6.45, 7) is 3.61. The number of fused-ring (bicyclic) bond motifs is 1. The van der Waals surface area contributed by atoms with E-state index in [1.807, 2.05) is 12.1 Å². The van der Waals surface area contributed by atoms with Gasteiger partial charge in [-0.25, -0.2) is 4.98 Å². The topological polar surface area (TPSA) is 26.0 Å². The van der Waals surface area contributed by atoms with Gasteiger partial charge >= 0.3 is 0 Å². The van der Waals surface area contributed by atoms with Crippen LogP contribution < -0.4 is 0 Å². The molecule has 0 radical (unpaired) electrons. The Morgan fingerprint density at radius 2 is 2.42 bits per heavy atom. The Labute approximate surface area is 74.5 Å². The summed E-state index contributed by atoms with van der Waals surface area (Å²) in [6, 6.07) is 3.72. The molecule has 0 saturated heterocycles. The minimum absolute atomic E-state index is 0.382. The van der Waals surface area contributed by atoms with Crippen molar-refractivity contribution in [3.05, 3.63) is 35.8 Å². The van der Waals surface area contributed by atoms with E-state index in [2.05, 4.69) is 11.6 Å². The van der Waals surface area contributed by atoms with Crippen LogP contribution in [0.3, 0.4) is 0 Å². The molecular weight excluding hydrogens is 174 g/mol. The molecule has 0 aliphatic carbocycles. The Hall–Kier alpha value is -1.28. The van der Waals surface area contributed by atoms with Crippen LogP contribution in [0.1, 0.15) is 5.69 Å². The van der Waals surface area contributed by atoms with Crippen LogP contribution in [-0.4, -0.2) is 4.98 Å². The Bertz CT molecular complexity index is 433. The summed E-state index contributed by atoms with van der Waals surface area (Å²) in [5.74, 6) is 0. The number of rotatable bonds is 1. The Morgan fingerprint density at radius 1 is 1.58 bits per heavy atom. The average Bonchev–Trinajstić information content (AvgIpc) is 2.52. The fourth-order valence-electron chi connectivity index (χ4n) is 1.06. The minimum Gasteiger partial charge on any atom is -0.461 e. The zero-order valence-electron chi connectivity index (χ0n) is 6.25. The number of aromatic nitrogens is 1. The van der Waals surface area contributed by atoms with Crippen LogP contribution in [0.15, 0.2) is 29.4 Å². The Kier molecular flexibility index (Phi) is 1.62. The van der Waals surface area contributed by atoms with Gasteiger partial charge in [0.15, 0.2) is 10.7 Å². The highest BCUT2D eigenvalue weighted by atomic mass is 35.5. The van der Waals surface area contributed by atoms with Crippen molar-refractivity contribution in [2.45, 2.75) is 0 Å². The summed E-state index contributed by atoms with van der Waals surface area (Å²) in [5.41, 5.74) is 1.39. The van der Waals surface area contributed by atoms with Gasteiger partial charge in [0.2, 0.25) is 0 Å². The second kappa shape index (κ2) is 2.64. The van der Waals surface area contributed by atoms with Gasteiger partial charge in [-0.05, 0) is 18.2 Å². The van der Waals surface area contributed by atoms with Crippen molar-refractivity contribution < 1.29 is 4.42 Å². The van der Waals surface area contributed by atoms with Crippen molar-refractivity contribution in [2.24, 2.45) is 0 Å². The molecule has 0 bridgehead atoms. The Morgan fingerprint density at radius 3 is 3.17 bits per heavy atom. The van der Waals surface area contributed by atoms with Gasteiger partial charge in [0.05, 0.1) is 12.0 Å². The van der Waals surface area contributed by atoms with Crippen LogP contribution in [0.25, 0.3) is 17.0 Å². The number of halogens is 1. The smallest absolute Gasteiger partial charge is 0.172 e. The van der Waals surface area contributed by atoms with Gasteiger partial charge in [-0.1, -0.05) is 18.2 Å². The van der Waals surface area contributed by atoms with Crippen LogP contribution in [-0.2, 0) is 0 Å². The molecule has 0 unspecified atom stereocenters. The molecule has 0 atom stereocenters. The predicted molar refractivity (Wildman–Crippen MR) is 49.1 cm³/mol. The molecule has 0 fully saturated rings. The van der Waals surface area contributed by atoms with E-state index in [4.69, 9.17) is 16.0 Å². The third-order valence-electron chi connectivity index (χ3n) is 1.62. The molecule has 2 nitrogen and oxygen atoms in total. The van der Waals surface area contributed by atoms with Crippen LogP contribution >= 0.6 is 11.6 Å². The largest absolute Gasteiger partial charge is 0.461 e. The standard InChI is InChI=1S/C9H6ClNO/c1-2-7-5-6-3-4-12-8(6)9(10)11-7/h2-5H,1H2. The lowest BCUT2D eigenvalue weighted by Gasteiger charge is -1.94. The zero-order valence-corrected chi connectivity index (χ0v) is 7.01. The van der Waals surface area contributed by atoms with Crippen LogP contribution in [0.2, 0.25) is 5.15 Å². The highest BCUT2D eigenvalue weighted by Gasteiger charge is 2.04. The monoisotopic (exact) mass is 179 g/mol. The van der Waals surface area contributed by atoms with E-state index in [-0.39, 0.29) is 0 Å². The molecule has 12 heavy (non-hydrogen) atoms. The number of nitrogens with zero attached hydrogens (tertiary/aromatic N) is 1. The van der Waals surface area contributed by atoms with Crippen molar-refractivity contribution >= 4 is 28.6 Å². The van der Waals surface area contributed by atoms with Gasteiger partial charge in [-0.15, -0.1) is 0 Å². The molecule has 2 aromatic heterocycles. The fraction of sp³-hybridized carbons (Fsp3) is 0. The van der Waals surface area contributed by atoms with Gasteiger partial charge in [-0.2, -0.15) is 0 Å². The fourth-order valence-corrected chi connectivity index (χ4v) is 1.31. The Balaban J connectivity index is 2.83. The third-order valence-corrected chi connectivity index (χ3v) is 1.88. The summed E-state index contributed by atoms with van der Waals surface area (Å²) in [4.78, 5) is 4.05. The summed E-state index contributed by atoms with van der Waals surface area (Å²) >= 11 is 5.83. The van der Waals surface area contributed by atoms with E-state index < -0.39 is 0 Å². The maximum Gasteiger partial charge on any atom is 0.172 e. The van der Waals surface area contributed by atoms with Crippen LogP contribution in [0, 0.1) is 0 Å². The molecule has 2 aromatic rings. The number of furan rings is 1. The first-order chi connectivity index (χ1) is 5.81. The quantitative estimate of drug-likeness (QED) is 0.629. The SMILES string of the molecule is C=Cc1cc2ccoc2c(Cl)n1. The van der Waals surface area contributed by atoms with E-state index >= 15 is 0 Å². The van der Waals surface area contributed by atoms with E-state index in [1.165, 1.54) is 0 Å². The first kappa shape index (κ1) is 7.37. The number of pyridine rings is 1. The van der Waals surface area contributed by atoms with Gasteiger partial charge in [0.1, 0.15) is 0 Å². The molecular formula is C9H6ClNO. The third kappa shape index (κ3) is 1.01. The summed E-state index contributed by atoms with van der Waals surface area (Å²) in [7, 11) is 0. The van der Waals surface area contributed by atoms with E-state index in [0.29, 0.717) is 10.7 Å². The van der Waals surface area contributed by atoms with Gasteiger partial charge in [0.25, 0.3) is 0 Å². The molecule has 2 heterocycles. The van der Waals surface area contributed by atoms with Gasteiger partial charge in [0, 0.05) is 5.39 Å². The van der Waals surface area contributed by atoms with Crippen molar-refractivity contribution in [1.29, 1.82) is 0 Å². The maximum absolute atomic E-state index is 5.83. The lowest BCUT2D eigenvalue weighted by atomic mass is 10.3. The molecule has 0 aliphatic heterocycles. The first-order valence-electron chi connectivity index (χ1n) is 3.47. The lowest BCUT2D eigenvalue weighted by Crippen LogP contribution is -1.80. The maximum atomic E-state index is 5.83. The van der Waals surface area contributed by atoms with Crippen molar-refractivity contribution in [2.75, 3.05) is 0 Å². The predicted octanol–water partition coefficient (Wildman–Crippen LogP) is 3.12. The van der Waals surface area contributed by atoms with Crippen LogP contribution in [0.4, 0.5) is 0 Å². The van der Waals surface area contributed by atoms with E-state index in [9.17, 15) is 0 Å². The molecule has 0 N–H and O–H groups in total. The molecule has 0 aromatic carbocycles. The second-order valence-corrected chi connectivity index (χ2v) is 2.74. The zero-order chi connectivity index (χ0) is 8.55. The van der Waals surface area contributed by atoms with E-state index in [0.717, 1.165) is 11.1 Å². The first-order valence-corrected chi connectivity index (χ1v) is 3.85. The number of hydrogen-bond donors (Lipinski definition) is 0. The minimum atomic E-state index is 0.382. The molecule has 0 amide bonds. The van der Waals surface area contributed by atoms with Crippen molar-refractivity contribution in [3.63, 3.8) is 0 Å². The summed E-state index contributed by atoms with van der Waals surface area (Å²) in [5, 5.41) is 1.33. The molecule has 3 heteroatoms. The summed E-state index contributed by atoms with van der Waals surface area (Å²) in [6.07, 6.45) is 3.24. The van der Waals surface area contributed by atoms with Gasteiger partial charge in [-0.3, -0.25) is 0 Å². The molecule has 0 aliphatic rings. The lowest BCUT2D eigenvalue weighted by molar-refractivity contribution is 0.614. The summed E-state index contributed by atoms with van der Waals surface area (Å²) < 4.78 is 5.12. The molecule has 2 rings (SSSR count). The number of hydrogen-bond acceptors (Lipinski definition) is 2. The van der Waals surface area contributed by atoms with Crippen LogP contribution in [0.5, 0.6) is 0 Å². The highest BCUT2D eigenvalue weighted by molar-refractivity contribution is 6.33. The van der Waals surface area contributed by atoms with E-state index in [1.54, 1.807) is 12.3 Å². The second-order valence-electron chi connectivity index (χ2n) is 2.38. The highest BCUT2D eigenvalue weighted by Crippen LogP contribution is 2.23. The average molecular weight is 180 g/mol. The van der Waals surface area contributed by atoms with Gasteiger partial charge < -0.3 is 4.42 Å². The van der Waals surface area contributed by atoms with Crippen molar-refractivity contribution in [3.8, 4) is 0 Å².